The number of hydrogen-bond acceptors (Lipinski definition) is 4. The molecular formula is C24H28N2O3. The molecule has 0 spiro atoms. The number of anilines is 1. The number of benzene rings is 2. The van der Waals surface area contributed by atoms with Crippen LogP contribution >= 0.6 is 0 Å². The third-order valence-electron chi connectivity index (χ3n) is 5.61. The lowest BCUT2D eigenvalue weighted by atomic mass is 10.1. The van der Waals surface area contributed by atoms with Gasteiger partial charge in [-0.1, -0.05) is 30.3 Å². The maximum Gasteiger partial charge on any atom is 0.251 e. The van der Waals surface area contributed by atoms with Crippen molar-refractivity contribution in [2.75, 3.05) is 44.8 Å². The highest BCUT2D eigenvalue weighted by molar-refractivity contribution is 6.05. The van der Waals surface area contributed by atoms with Gasteiger partial charge in [-0.15, -0.1) is 0 Å². The second kappa shape index (κ2) is 9.14. The highest BCUT2D eigenvalue weighted by Gasteiger charge is 2.26. The Balaban J connectivity index is 1.47. The largest absolute Gasteiger partial charge is 0.493 e. The van der Waals surface area contributed by atoms with Crippen molar-refractivity contribution >= 4 is 17.7 Å². The maximum absolute atomic E-state index is 12.8. The van der Waals surface area contributed by atoms with Crippen LogP contribution < -0.4 is 14.4 Å². The van der Waals surface area contributed by atoms with E-state index in [2.05, 4.69) is 4.90 Å². The molecule has 0 unspecified atom stereocenters. The summed E-state index contributed by atoms with van der Waals surface area (Å²) in [5.74, 6) is 1.43. The summed E-state index contributed by atoms with van der Waals surface area (Å²) in [5, 5.41) is 0. The van der Waals surface area contributed by atoms with Crippen LogP contribution in [0.5, 0.6) is 11.5 Å². The number of nitrogens with zero attached hydrogens (tertiary/aromatic N) is 2. The summed E-state index contributed by atoms with van der Waals surface area (Å²) >= 11 is 0. The van der Waals surface area contributed by atoms with E-state index in [0.717, 1.165) is 48.6 Å². The van der Waals surface area contributed by atoms with Crippen molar-refractivity contribution in [3.05, 3.63) is 59.7 Å². The summed E-state index contributed by atoms with van der Waals surface area (Å²) < 4.78 is 11.6. The number of amides is 1. The molecule has 0 bridgehead atoms. The fourth-order valence-corrected chi connectivity index (χ4v) is 4.01. The molecule has 2 aromatic carbocycles. The molecule has 0 saturated carbocycles. The lowest BCUT2D eigenvalue weighted by Crippen LogP contribution is -2.27. The van der Waals surface area contributed by atoms with Crippen LogP contribution in [0.25, 0.3) is 6.08 Å². The Hall–Kier alpha value is -2.79. The topological polar surface area (TPSA) is 42.0 Å². The molecule has 0 aromatic heterocycles. The van der Waals surface area contributed by atoms with E-state index < -0.39 is 0 Å². The molecule has 0 aliphatic carbocycles. The van der Waals surface area contributed by atoms with Crippen LogP contribution in [0.3, 0.4) is 0 Å². The van der Waals surface area contributed by atoms with Crippen LogP contribution in [0.2, 0.25) is 0 Å². The predicted octanol–water partition coefficient (Wildman–Crippen LogP) is 3.77. The number of carbonyl (C=O) groups excluding carboxylic acids is 1. The predicted molar refractivity (Wildman–Crippen MR) is 116 cm³/mol. The first-order chi connectivity index (χ1) is 14.2. The van der Waals surface area contributed by atoms with Crippen molar-refractivity contribution in [1.29, 1.82) is 0 Å². The van der Waals surface area contributed by atoms with Gasteiger partial charge >= 0.3 is 0 Å². The molecule has 1 fully saturated rings. The number of likely N-dealkylation sites (tertiary alicyclic amines) is 1. The summed E-state index contributed by atoms with van der Waals surface area (Å²) in [5.41, 5.74) is 3.06. The molecule has 4 rings (SSSR count). The molecular weight excluding hydrogens is 364 g/mol. The van der Waals surface area contributed by atoms with E-state index in [-0.39, 0.29) is 5.91 Å². The minimum atomic E-state index is -0.0132. The lowest BCUT2D eigenvalue weighted by Gasteiger charge is -2.19. The van der Waals surface area contributed by atoms with E-state index in [9.17, 15) is 4.79 Å². The van der Waals surface area contributed by atoms with Gasteiger partial charge in [-0.3, -0.25) is 9.69 Å². The van der Waals surface area contributed by atoms with Crippen molar-refractivity contribution in [1.82, 2.24) is 4.90 Å². The zero-order valence-corrected chi connectivity index (χ0v) is 17.0. The average molecular weight is 392 g/mol. The first-order valence-corrected chi connectivity index (χ1v) is 10.4. The van der Waals surface area contributed by atoms with Gasteiger partial charge < -0.3 is 14.4 Å². The minimum absolute atomic E-state index is 0.0132. The standard InChI is InChI=1S/C24H28N2O3/c1-28-22-17-20-11-14-26(24(27)10-9-19-7-3-2-4-8-19)21(20)18-23(22)29-16-15-25-12-5-6-13-25/h2-4,7-10,17-18H,5-6,11-16H2,1H3/b10-9+. The van der Waals surface area contributed by atoms with Gasteiger partial charge in [0.25, 0.3) is 5.91 Å². The van der Waals surface area contributed by atoms with Crippen LogP contribution in [0.15, 0.2) is 48.5 Å². The van der Waals surface area contributed by atoms with Crippen molar-refractivity contribution in [3.8, 4) is 11.5 Å². The Kier molecular flexibility index (Phi) is 6.15. The molecule has 152 valence electrons. The maximum atomic E-state index is 12.8. The highest BCUT2D eigenvalue weighted by atomic mass is 16.5. The normalized spacial score (nSPS) is 16.4. The minimum Gasteiger partial charge on any atom is -0.493 e. The van der Waals surface area contributed by atoms with Crippen molar-refractivity contribution < 1.29 is 14.3 Å². The summed E-state index contributed by atoms with van der Waals surface area (Å²) in [7, 11) is 1.66. The third-order valence-corrected chi connectivity index (χ3v) is 5.61. The van der Waals surface area contributed by atoms with E-state index >= 15 is 0 Å². The summed E-state index contributed by atoms with van der Waals surface area (Å²) in [6.45, 7) is 4.52. The van der Waals surface area contributed by atoms with E-state index in [1.165, 1.54) is 12.8 Å². The zero-order chi connectivity index (χ0) is 20.1. The first-order valence-electron chi connectivity index (χ1n) is 10.4. The molecule has 2 aliphatic rings. The molecule has 5 nitrogen and oxygen atoms in total. The van der Waals surface area contributed by atoms with E-state index in [1.807, 2.05) is 53.4 Å². The summed E-state index contributed by atoms with van der Waals surface area (Å²) in [6, 6.07) is 13.8. The number of fused-ring (bicyclic) bond motifs is 1. The SMILES string of the molecule is COc1cc2c(cc1OCCN1CCCC1)N(C(=O)/C=C/c1ccccc1)CC2. The van der Waals surface area contributed by atoms with Gasteiger partial charge in [0.1, 0.15) is 6.61 Å². The van der Waals surface area contributed by atoms with Crippen molar-refractivity contribution in [2.45, 2.75) is 19.3 Å². The number of carbonyl (C=O) groups is 1. The molecule has 0 radical (unpaired) electrons. The summed E-state index contributed by atoms with van der Waals surface area (Å²) in [6.07, 6.45) is 6.87. The van der Waals surface area contributed by atoms with Gasteiger partial charge in [0, 0.05) is 25.2 Å². The Morgan fingerprint density at radius 2 is 1.86 bits per heavy atom. The van der Waals surface area contributed by atoms with Gasteiger partial charge in [-0.2, -0.15) is 0 Å². The fourth-order valence-electron chi connectivity index (χ4n) is 4.01. The number of ether oxygens (including phenoxy) is 2. The molecule has 0 N–H and O–H groups in total. The second-order valence-electron chi connectivity index (χ2n) is 7.51. The Morgan fingerprint density at radius 3 is 2.62 bits per heavy atom. The second-order valence-corrected chi connectivity index (χ2v) is 7.51. The lowest BCUT2D eigenvalue weighted by molar-refractivity contribution is -0.114. The van der Waals surface area contributed by atoms with E-state index in [0.29, 0.717) is 18.9 Å². The molecule has 29 heavy (non-hydrogen) atoms. The van der Waals surface area contributed by atoms with Gasteiger partial charge in [-0.25, -0.2) is 0 Å². The summed E-state index contributed by atoms with van der Waals surface area (Å²) in [4.78, 5) is 17.0. The molecule has 2 aliphatic heterocycles. The van der Waals surface area contributed by atoms with Crippen LogP contribution in [0, 0.1) is 0 Å². The van der Waals surface area contributed by atoms with E-state index in [1.54, 1.807) is 13.2 Å². The van der Waals surface area contributed by atoms with Crippen LogP contribution in [-0.2, 0) is 11.2 Å². The van der Waals surface area contributed by atoms with E-state index in [4.69, 9.17) is 9.47 Å². The van der Waals surface area contributed by atoms with Crippen molar-refractivity contribution in [2.24, 2.45) is 0 Å². The number of hydrogen-bond donors (Lipinski definition) is 0. The van der Waals surface area contributed by atoms with Crippen LogP contribution in [-0.4, -0.2) is 50.7 Å². The average Bonchev–Trinajstić information content (AvgIpc) is 3.42. The Labute approximate surface area is 172 Å². The Bertz CT molecular complexity index is 873. The zero-order valence-electron chi connectivity index (χ0n) is 17.0. The molecule has 5 heteroatoms. The van der Waals surface area contributed by atoms with Gasteiger partial charge in [0.2, 0.25) is 0 Å². The quantitative estimate of drug-likeness (QED) is 0.673. The van der Waals surface area contributed by atoms with Crippen molar-refractivity contribution in [3.63, 3.8) is 0 Å². The monoisotopic (exact) mass is 392 g/mol. The highest BCUT2D eigenvalue weighted by Crippen LogP contribution is 2.39. The molecule has 2 aromatic rings. The smallest absolute Gasteiger partial charge is 0.251 e. The number of methoxy groups -OCH3 is 1. The first kappa shape index (κ1) is 19.5. The van der Waals surface area contributed by atoms with Crippen LogP contribution in [0.4, 0.5) is 5.69 Å². The molecule has 0 atom stereocenters. The van der Waals surface area contributed by atoms with Gasteiger partial charge in [-0.05, 0) is 55.6 Å². The third kappa shape index (κ3) is 4.62. The molecule has 2 heterocycles. The molecule has 1 amide bonds. The molecule has 1 saturated heterocycles. The fraction of sp³-hybridized carbons (Fsp3) is 0.375. The number of rotatable bonds is 7. The Morgan fingerprint density at radius 1 is 1.07 bits per heavy atom. The van der Waals surface area contributed by atoms with Gasteiger partial charge in [0.05, 0.1) is 12.8 Å². The van der Waals surface area contributed by atoms with Crippen LogP contribution in [0.1, 0.15) is 24.0 Å². The van der Waals surface area contributed by atoms with Gasteiger partial charge in [0.15, 0.2) is 11.5 Å².